The normalized spacial score (nSPS) is 11.9. The predicted octanol–water partition coefficient (Wildman–Crippen LogP) is 3.52. The Morgan fingerprint density at radius 3 is 2.67 bits per heavy atom. The summed E-state index contributed by atoms with van der Waals surface area (Å²) in [5.41, 5.74) is 5.45. The molecule has 0 fully saturated rings. The molecule has 0 radical (unpaired) electrons. The molecule has 5 heteroatoms. The third kappa shape index (κ3) is 3.27. The summed E-state index contributed by atoms with van der Waals surface area (Å²) < 4.78 is 26.4. The van der Waals surface area contributed by atoms with Crippen LogP contribution in [0.4, 0.5) is 14.5 Å². The number of benzene rings is 1. The van der Waals surface area contributed by atoms with Crippen molar-refractivity contribution in [3.63, 3.8) is 0 Å². The van der Waals surface area contributed by atoms with E-state index in [9.17, 15) is 8.78 Å². The van der Waals surface area contributed by atoms with E-state index in [1.165, 1.54) is 0 Å². The van der Waals surface area contributed by atoms with Gasteiger partial charge in [0.15, 0.2) is 0 Å². The Balaban J connectivity index is 3.05. The van der Waals surface area contributed by atoms with Crippen molar-refractivity contribution < 1.29 is 8.78 Å². The molecule has 1 aromatic rings. The first-order chi connectivity index (χ1) is 7.04. The number of hydrogen-bond acceptors (Lipinski definition) is 1. The van der Waals surface area contributed by atoms with Crippen molar-refractivity contribution >= 4 is 27.5 Å². The lowest BCUT2D eigenvalue weighted by molar-refractivity contribution is 0.596. The molecule has 1 rings (SSSR count). The molecular formula is C10H11BrF2N2. The molecule has 0 spiro atoms. The van der Waals surface area contributed by atoms with Crippen LogP contribution < -0.4 is 5.73 Å². The number of hydrogen-bond donors (Lipinski definition) is 1. The van der Waals surface area contributed by atoms with Crippen LogP contribution in [-0.2, 0) is 0 Å². The molecule has 15 heavy (non-hydrogen) atoms. The van der Waals surface area contributed by atoms with Crippen LogP contribution in [0.5, 0.6) is 0 Å². The summed E-state index contributed by atoms with van der Waals surface area (Å²) in [5, 5.41) is 0. The van der Waals surface area contributed by atoms with Crippen LogP contribution in [0.3, 0.4) is 0 Å². The Labute approximate surface area is 95.3 Å². The highest BCUT2D eigenvalue weighted by Crippen LogP contribution is 2.25. The van der Waals surface area contributed by atoms with Crippen molar-refractivity contribution in [2.45, 2.75) is 19.8 Å². The monoisotopic (exact) mass is 276 g/mol. The first kappa shape index (κ1) is 12.1. The quantitative estimate of drug-likeness (QED) is 0.512. The third-order valence-electron chi connectivity index (χ3n) is 1.76. The van der Waals surface area contributed by atoms with Crippen LogP contribution in [0.1, 0.15) is 19.8 Å². The van der Waals surface area contributed by atoms with E-state index in [1.54, 1.807) is 0 Å². The fourth-order valence-corrected chi connectivity index (χ4v) is 1.38. The number of amidine groups is 1. The molecule has 0 bridgehead atoms. The van der Waals surface area contributed by atoms with Gasteiger partial charge in [0.1, 0.15) is 17.3 Å². The SMILES string of the molecule is CCCC(N)=Nc1cc(F)c(Br)cc1F. The van der Waals surface area contributed by atoms with Gasteiger partial charge in [0, 0.05) is 12.5 Å². The van der Waals surface area contributed by atoms with Crippen molar-refractivity contribution in [3.05, 3.63) is 28.2 Å². The molecule has 2 nitrogen and oxygen atoms in total. The van der Waals surface area contributed by atoms with Gasteiger partial charge in [-0.05, 0) is 28.4 Å². The molecule has 0 atom stereocenters. The van der Waals surface area contributed by atoms with E-state index in [2.05, 4.69) is 20.9 Å². The van der Waals surface area contributed by atoms with E-state index >= 15 is 0 Å². The van der Waals surface area contributed by atoms with Gasteiger partial charge >= 0.3 is 0 Å². The molecule has 0 aliphatic carbocycles. The topological polar surface area (TPSA) is 38.4 Å². The second-order valence-corrected chi connectivity index (χ2v) is 3.93. The third-order valence-corrected chi connectivity index (χ3v) is 2.37. The Morgan fingerprint density at radius 2 is 2.07 bits per heavy atom. The number of rotatable bonds is 3. The van der Waals surface area contributed by atoms with Gasteiger partial charge in [-0.2, -0.15) is 0 Å². The average Bonchev–Trinajstić information content (AvgIpc) is 2.14. The Morgan fingerprint density at radius 1 is 1.40 bits per heavy atom. The van der Waals surface area contributed by atoms with Gasteiger partial charge in [-0.15, -0.1) is 0 Å². The maximum atomic E-state index is 13.3. The fourth-order valence-electron chi connectivity index (χ4n) is 1.06. The molecule has 2 N–H and O–H groups in total. The summed E-state index contributed by atoms with van der Waals surface area (Å²) in [4.78, 5) is 3.81. The van der Waals surface area contributed by atoms with Crippen molar-refractivity contribution in [3.8, 4) is 0 Å². The van der Waals surface area contributed by atoms with E-state index in [1.807, 2.05) is 6.92 Å². The lowest BCUT2D eigenvalue weighted by Gasteiger charge is -2.01. The Kier molecular flexibility index (Phi) is 4.20. The van der Waals surface area contributed by atoms with Crippen LogP contribution in [0.25, 0.3) is 0 Å². The number of halogens is 3. The van der Waals surface area contributed by atoms with E-state index in [0.29, 0.717) is 12.3 Å². The van der Waals surface area contributed by atoms with Crippen LogP contribution in [-0.4, -0.2) is 5.84 Å². The number of nitrogens with zero attached hydrogens (tertiary/aromatic N) is 1. The molecular weight excluding hydrogens is 266 g/mol. The number of nitrogens with two attached hydrogens (primary N) is 1. The van der Waals surface area contributed by atoms with Crippen LogP contribution in [0.2, 0.25) is 0 Å². The molecule has 0 amide bonds. The summed E-state index contributed by atoms with van der Waals surface area (Å²) >= 11 is 2.88. The van der Waals surface area contributed by atoms with Gasteiger partial charge in [-0.1, -0.05) is 6.92 Å². The van der Waals surface area contributed by atoms with Gasteiger partial charge < -0.3 is 5.73 Å². The second kappa shape index (κ2) is 5.21. The van der Waals surface area contributed by atoms with Gasteiger partial charge in [0.2, 0.25) is 0 Å². The van der Waals surface area contributed by atoms with Gasteiger partial charge in [0.05, 0.1) is 10.3 Å². The lowest BCUT2D eigenvalue weighted by Crippen LogP contribution is -2.10. The highest BCUT2D eigenvalue weighted by Gasteiger charge is 2.07. The van der Waals surface area contributed by atoms with Crippen LogP contribution in [0, 0.1) is 11.6 Å². The number of aliphatic imine (C=N–C) groups is 1. The van der Waals surface area contributed by atoms with E-state index < -0.39 is 11.6 Å². The Bertz CT molecular complexity index is 391. The van der Waals surface area contributed by atoms with Crippen molar-refractivity contribution in [2.75, 3.05) is 0 Å². The van der Waals surface area contributed by atoms with Crippen molar-refractivity contribution in [2.24, 2.45) is 10.7 Å². The minimum atomic E-state index is -0.595. The summed E-state index contributed by atoms with van der Waals surface area (Å²) in [6.45, 7) is 1.93. The maximum Gasteiger partial charge on any atom is 0.150 e. The molecule has 0 aromatic heterocycles. The second-order valence-electron chi connectivity index (χ2n) is 3.07. The first-order valence-corrected chi connectivity index (χ1v) is 5.31. The minimum absolute atomic E-state index is 0.0679. The van der Waals surface area contributed by atoms with Gasteiger partial charge in [-0.3, -0.25) is 0 Å². The highest BCUT2D eigenvalue weighted by molar-refractivity contribution is 9.10. The van der Waals surface area contributed by atoms with Crippen LogP contribution in [0.15, 0.2) is 21.6 Å². The highest BCUT2D eigenvalue weighted by atomic mass is 79.9. The molecule has 0 unspecified atom stereocenters. The summed E-state index contributed by atoms with van der Waals surface area (Å²) in [6, 6.07) is 2.05. The molecule has 0 saturated carbocycles. The summed E-state index contributed by atoms with van der Waals surface area (Å²) in [5.74, 6) is -0.847. The van der Waals surface area contributed by atoms with E-state index in [0.717, 1.165) is 18.6 Å². The van der Waals surface area contributed by atoms with Crippen molar-refractivity contribution in [1.82, 2.24) is 0 Å². The lowest BCUT2D eigenvalue weighted by atomic mass is 10.3. The predicted molar refractivity (Wildman–Crippen MR) is 60.2 cm³/mol. The zero-order valence-corrected chi connectivity index (χ0v) is 9.81. The zero-order valence-electron chi connectivity index (χ0n) is 8.23. The smallest absolute Gasteiger partial charge is 0.150 e. The molecule has 0 aliphatic rings. The van der Waals surface area contributed by atoms with Crippen molar-refractivity contribution in [1.29, 1.82) is 0 Å². The zero-order chi connectivity index (χ0) is 11.4. The van der Waals surface area contributed by atoms with Gasteiger partial charge in [-0.25, -0.2) is 13.8 Å². The molecule has 1 aromatic carbocycles. The average molecular weight is 277 g/mol. The minimum Gasteiger partial charge on any atom is -0.387 e. The largest absolute Gasteiger partial charge is 0.387 e. The summed E-state index contributed by atoms with van der Waals surface area (Å²) in [6.07, 6.45) is 1.38. The molecule has 0 aliphatic heterocycles. The van der Waals surface area contributed by atoms with E-state index in [4.69, 9.17) is 5.73 Å². The molecule has 0 saturated heterocycles. The standard InChI is InChI=1S/C10H11BrF2N2/c1-2-3-10(14)15-9-5-7(12)6(11)4-8(9)13/h4-5H,2-3H2,1H3,(H2,14,15). The molecule has 0 heterocycles. The Hall–Kier alpha value is -0.970. The summed E-state index contributed by atoms with van der Waals surface area (Å²) in [7, 11) is 0. The van der Waals surface area contributed by atoms with E-state index in [-0.39, 0.29) is 10.2 Å². The van der Waals surface area contributed by atoms with Crippen LogP contribution >= 0.6 is 15.9 Å². The molecule has 82 valence electrons. The fraction of sp³-hybridized carbons (Fsp3) is 0.300. The maximum absolute atomic E-state index is 13.3. The first-order valence-electron chi connectivity index (χ1n) is 4.52. The van der Waals surface area contributed by atoms with Gasteiger partial charge in [0.25, 0.3) is 0 Å².